The topological polar surface area (TPSA) is 95.1 Å². The molecule has 1 aromatic heterocycles. The van der Waals surface area contributed by atoms with Gasteiger partial charge in [0.15, 0.2) is 5.82 Å². The first-order valence-electron chi connectivity index (χ1n) is 8.07. The molecule has 2 aromatic carbocycles. The van der Waals surface area contributed by atoms with E-state index in [-0.39, 0.29) is 43.5 Å². The molecule has 0 aliphatic rings. The maximum atomic E-state index is 12.2. The van der Waals surface area contributed by atoms with E-state index in [0.717, 1.165) is 11.8 Å². The number of thioether (sulfide) groups is 1. The van der Waals surface area contributed by atoms with Gasteiger partial charge < -0.3 is 15.9 Å². The van der Waals surface area contributed by atoms with Gasteiger partial charge in [0.05, 0.1) is 26.5 Å². The highest BCUT2D eigenvalue weighted by Crippen LogP contribution is 2.32. The van der Waals surface area contributed by atoms with Crippen LogP contribution in [0.3, 0.4) is 0 Å². The fourth-order valence-corrected chi connectivity index (χ4v) is 3.54. The largest absolute Gasteiger partial charge is 0.435 e. The van der Waals surface area contributed by atoms with Crippen molar-refractivity contribution in [1.82, 2.24) is 14.9 Å². The summed E-state index contributed by atoms with van der Waals surface area (Å²) >= 11 is 18.9. The molecule has 0 spiro atoms. The Morgan fingerprint density at radius 3 is 2.47 bits per heavy atom. The Bertz CT molecular complexity index is 1070. The summed E-state index contributed by atoms with van der Waals surface area (Å²) in [5.74, 6) is 5.87. The van der Waals surface area contributed by atoms with Crippen LogP contribution in [0.5, 0.6) is 5.75 Å². The van der Waals surface area contributed by atoms with E-state index in [2.05, 4.69) is 20.3 Å². The molecular formula is C17H12Cl3F2N5O2S. The Kier molecular flexibility index (Phi) is 7.24. The predicted octanol–water partition coefficient (Wildman–Crippen LogP) is 4.95. The third kappa shape index (κ3) is 5.45. The Morgan fingerprint density at radius 1 is 1.13 bits per heavy atom. The third-order valence-corrected chi connectivity index (χ3v) is 5.60. The average molecular weight is 495 g/mol. The molecular weight excluding hydrogens is 483 g/mol. The number of anilines is 1. The van der Waals surface area contributed by atoms with Crippen LogP contribution in [0.15, 0.2) is 41.6 Å². The van der Waals surface area contributed by atoms with E-state index in [4.69, 9.17) is 40.6 Å². The first-order valence-corrected chi connectivity index (χ1v) is 10.2. The zero-order valence-corrected chi connectivity index (χ0v) is 17.9. The quantitative estimate of drug-likeness (QED) is 0.274. The van der Waals surface area contributed by atoms with Crippen molar-refractivity contribution in [2.24, 2.45) is 0 Å². The second kappa shape index (κ2) is 9.69. The zero-order chi connectivity index (χ0) is 21.8. The fourth-order valence-electron chi connectivity index (χ4n) is 2.29. The number of nitrogen functional groups attached to an aromatic ring is 1. The van der Waals surface area contributed by atoms with E-state index in [1.54, 1.807) is 0 Å². The van der Waals surface area contributed by atoms with Gasteiger partial charge >= 0.3 is 6.61 Å². The molecule has 13 heteroatoms. The van der Waals surface area contributed by atoms with Crippen LogP contribution in [0.2, 0.25) is 15.1 Å². The summed E-state index contributed by atoms with van der Waals surface area (Å²) in [6.45, 7) is -2.91. The summed E-state index contributed by atoms with van der Waals surface area (Å²) in [7, 11) is 0. The minimum atomic E-state index is -2.91. The van der Waals surface area contributed by atoms with Crippen LogP contribution in [0.4, 0.5) is 14.5 Å². The molecule has 0 fully saturated rings. The first-order chi connectivity index (χ1) is 14.2. The molecule has 158 valence electrons. The van der Waals surface area contributed by atoms with Crippen LogP contribution in [0, 0.1) is 0 Å². The van der Waals surface area contributed by atoms with Crippen molar-refractivity contribution < 1.29 is 18.3 Å². The number of amides is 1. The van der Waals surface area contributed by atoms with Crippen molar-refractivity contribution in [3.63, 3.8) is 0 Å². The number of nitrogens with one attached hydrogen (secondary N) is 1. The Morgan fingerprint density at radius 2 is 1.80 bits per heavy atom. The Balaban J connectivity index is 1.64. The summed E-state index contributed by atoms with van der Waals surface area (Å²) in [6, 6.07) is 8.61. The third-order valence-electron chi connectivity index (χ3n) is 3.62. The molecule has 1 heterocycles. The second-order valence-corrected chi connectivity index (χ2v) is 7.83. The molecule has 0 radical (unpaired) electrons. The van der Waals surface area contributed by atoms with Gasteiger partial charge in [0, 0.05) is 5.56 Å². The molecule has 7 nitrogen and oxygen atoms in total. The molecule has 3 N–H and O–H groups in total. The lowest BCUT2D eigenvalue weighted by Crippen LogP contribution is -2.16. The van der Waals surface area contributed by atoms with Gasteiger partial charge in [0.25, 0.3) is 0 Å². The summed E-state index contributed by atoms with van der Waals surface area (Å²) in [5.41, 5.74) is 0.850. The Hall–Kier alpha value is -2.27. The number of benzene rings is 2. The number of ether oxygens (including phenoxy) is 1. The minimum absolute atomic E-state index is 0.00377. The van der Waals surface area contributed by atoms with E-state index in [0.29, 0.717) is 11.3 Å². The number of nitrogens with two attached hydrogens (primary N) is 1. The molecule has 0 bridgehead atoms. The van der Waals surface area contributed by atoms with Gasteiger partial charge in [0.2, 0.25) is 11.1 Å². The normalized spacial score (nSPS) is 11.0. The number of hydrogen-bond donors (Lipinski definition) is 2. The standard InChI is InChI=1S/C17H12Cl3F2N5O2S/c18-10-5-12(20)13(6-11(10)19)24-14(28)7-30-17-26-25-15(27(17)23)8-1-3-9(4-2-8)29-16(21)22/h1-6,16H,7,23H2,(H,24,28). The number of alkyl halides is 2. The summed E-state index contributed by atoms with van der Waals surface area (Å²) in [4.78, 5) is 12.2. The summed E-state index contributed by atoms with van der Waals surface area (Å²) in [6.07, 6.45) is 0. The van der Waals surface area contributed by atoms with Crippen LogP contribution in [-0.4, -0.2) is 33.1 Å². The predicted molar refractivity (Wildman–Crippen MR) is 113 cm³/mol. The lowest BCUT2D eigenvalue weighted by molar-refractivity contribution is -0.113. The minimum Gasteiger partial charge on any atom is -0.435 e. The van der Waals surface area contributed by atoms with Crippen LogP contribution < -0.4 is 15.9 Å². The molecule has 0 atom stereocenters. The van der Waals surface area contributed by atoms with Crippen molar-refractivity contribution in [3.8, 4) is 17.1 Å². The molecule has 3 aromatic rings. The van der Waals surface area contributed by atoms with E-state index < -0.39 is 6.61 Å². The summed E-state index contributed by atoms with van der Waals surface area (Å²) in [5, 5.41) is 11.6. The molecule has 1 amide bonds. The SMILES string of the molecule is Nn1c(SCC(=O)Nc2cc(Cl)c(Cl)cc2Cl)nnc1-c1ccc(OC(F)F)cc1. The molecule has 30 heavy (non-hydrogen) atoms. The van der Waals surface area contributed by atoms with Gasteiger partial charge in [-0.15, -0.1) is 10.2 Å². The van der Waals surface area contributed by atoms with Crippen molar-refractivity contribution in [2.75, 3.05) is 16.9 Å². The highest BCUT2D eigenvalue weighted by molar-refractivity contribution is 7.99. The van der Waals surface area contributed by atoms with Crippen molar-refractivity contribution in [2.45, 2.75) is 11.8 Å². The molecule has 0 saturated heterocycles. The van der Waals surface area contributed by atoms with Crippen LogP contribution in [0.1, 0.15) is 0 Å². The lowest BCUT2D eigenvalue weighted by Gasteiger charge is -2.09. The number of carbonyl (C=O) groups is 1. The fraction of sp³-hybridized carbons (Fsp3) is 0.118. The second-order valence-electron chi connectivity index (χ2n) is 5.66. The van der Waals surface area contributed by atoms with Gasteiger partial charge in [-0.05, 0) is 36.4 Å². The van der Waals surface area contributed by atoms with E-state index in [1.165, 1.54) is 41.1 Å². The smallest absolute Gasteiger partial charge is 0.387 e. The number of aromatic nitrogens is 3. The first kappa shape index (κ1) is 22.4. The molecule has 0 aliphatic carbocycles. The monoisotopic (exact) mass is 493 g/mol. The van der Waals surface area contributed by atoms with Crippen molar-refractivity contribution in [3.05, 3.63) is 51.5 Å². The van der Waals surface area contributed by atoms with Gasteiger partial charge in [-0.3, -0.25) is 4.79 Å². The number of nitrogens with zero attached hydrogens (tertiary/aromatic N) is 3. The number of rotatable bonds is 7. The van der Waals surface area contributed by atoms with Gasteiger partial charge in [-0.1, -0.05) is 46.6 Å². The van der Waals surface area contributed by atoms with Crippen LogP contribution >= 0.6 is 46.6 Å². The number of hydrogen-bond acceptors (Lipinski definition) is 6. The maximum Gasteiger partial charge on any atom is 0.387 e. The van der Waals surface area contributed by atoms with E-state index in [9.17, 15) is 13.6 Å². The van der Waals surface area contributed by atoms with Crippen LogP contribution in [-0.2, 0) is 4.79 Å². The average Bonchev–Trinajstić information content (AvgIpc) is 3.05. The highest BCUT2D eigenvalue weighted by Gasteiger charge is 2.15. The summed E-state index contributed by atoms with van der Waals surface area (Å²) < 4.78 is 30.0. The van der Waals surface area contributed by atoms with Gasteiger partial charge in [-0.2, -0.15) is 8.78 Å². The van der Waals surface area contributed by atoms with Crippen molar-refractivity contribution in [1.29, 1.82) is 0 Å². The molecule has 0 unspecified atom stereocenters. The van der Waals surface area contributed by atoms with E-state index in [1.807, 2.05) is 0 Å². The number of halogens is 5. The molecule has 0 aliphatic heterocycles. The van der Waals surface area contributed by atoms with E-state index >= 15 is 0 Å². The zero-order valence-electron chi connectivity index (χ0n) is 14.8. The Labute approximate surface area is 188 Å². The molecule has 3 rings (SSSR count). The van der Waals surface area contributed by atoms with Gasteiger partial charge in [0.1, 0.15) is 5.75 Å². The van der Waals surface area contributed by atoms with Crippen molar-refractivity contribution >= 4 is 58.2 Å². The van der Waals surface area contributed by atoms with Crippen LogP contribution in [0.25, 0.3) is 11.4 Å². The highest BCUT2D eigenvalue weighted by atomic mass is 35.5. The molecule has 0 saturated carbocycles. The van der Waals surface area contributed by atoms with Gasteiger partial charge in [-0.25, -0.2) is 4.68 Å². The lowest BCUT2D eigenvalue weighted by atomic mass is 10.2. The maximum absolute atomic E-state index is 12.2. The number of carbonyl (C=O) groups excluding carboxylic acids is 1.